The van der Waals surface area contributed by atoms with Crippen LogP contribution in [0.5, 0.6) is 0 Å². The molecule has 0 bridgehead atoms. The van der Waals surface area contributed by atoms with Crippen LogP contribution in [0.1, 0.15) is 31.4 Å². The summed E-state index contributed by atoms with van der Waals surface area (Å²) in [6.45, 7) is 2.30. The third-order valence-corrected chi connectivity index (χ3v) is 4.21. The van der Waals surface area contributed by atoms with Crippen LogP contribution in [0.4, 0.5) is 0 Å². The molecule has 1 atom stereocenters. The number of furan rings is 1. The first kappa shape index (κ1) is 15.1. The van der Waals surface area contributed by atoms with Gasteiger partial charge in [0, 0.05) is 12.6 Å². The Labute approximate surface area is 130 Å². The van der Waals surface area contributed by atoms with Gasteiger partial charge in [0.25, 0.3) is 0 Å². The molecule has 1 saturated heterocycles. The highest BCUT2D eigenvalue weighted by molar-refractivity contribution is 5.80. The fourth-order valence-electron chi connectivity index (χ4n) is 2.82. The molecular formula is C16H23N3O3. The lowest BCUT2D eigenvalue weighted by Crippen LogP contribution is -2.46. The van der Waals surface area contributed by atoms with E-state index in [1.807, 2.05) is 6.07 Å². The smallest absolute Gasteiger partial charge is 0.234 e. The highest BCUT2D eigenvalue weighted by Gasteiger charge is 2.30. The molecule has 0 spiro atoms. The van der Waals surface area contributed by atoms with Crippen molar-refractivity contribution in [1.82, 2.24) is 15.5 Å². The van der Waals surface area contributed by atoms with Gasteiger partial charge in [0.2, 0.25) is 11.8 Å². The number of amides is 2. The van der Waals surface area contributed by atoms with Crippen molar-refractivity contribution in [2.45, 2.75) is 38.3 Å². The molecule has 2 amide bonds. The van der Waals surface area contributed by atoms with E-state index in [1.54, 1.807) is 12.3 Å². The van der Waals surface area contributed by atoms with Crippen molar-refractivity contribution >= 4 is 11.8 Å². The SMILES string of the molecule is O=C(CN1CCCC(C(=O)NC2CC2)C1)NCc1ccco1. The van der Waals surface area contributed by atoms with Gasteiger partial charge in [-0.15, -0.1) is 0 Å². The van der Waals surface area contributed by atoms with Crippen molar-refractivity contribution < 1.29 is 14.0 Å². The molecule has 1 saturated carbocycles. The number of nitrogens with one attached hydrogen (secondary N) is 2. The minimum atomic E-state index is -0.0281. The summed E-state index contributed by atoms with van der Waals surface area (Å²) in [6, 6.07) is 4.04. The molecule has 2 N–H and O–H groups in total. The van der Waals surface area contributed by atoms with E-state index < -0.39 is 0 Å². The van der Waals surface area contributed by atoms with Gasteiger partial charge >= 0.3 is 0 Å². The van der Waals surface area contributed by atoms with Crippen molar-refractivity contribution in [3.63, 3.8) is 0 Å². The maximum Gasteiger partial charge on any atom is 0.234 e. The van der Waals surface area contributed by atoms with Gasteiger partial charge < -0.3 is 15.1 Å². The third kappa shape index (κ3) is 4.34. The summed E-state index contributed by atoms with van der Waals surface area (Å²) in [5, 5.41) is 5.91. The van der Waals surface area contributed by atoms with Crippen LogP contribution >= 0.6 is 0 Å². The second kappa shape index (κ2) is 6.96. The lowest BCUT2D eigenvalue weighted by Gasteiger charge is -2.31. The Bertz CT molecular complexity index is 511. The first-order valence-corrected chi connectivity index (χ1v) is 8.02. The summed E-state index contributed by atoms with van der Waals surface area (Å²) in [4.78, 5) is 26.2. The third-order valence-electron chi connectivity index (χ3n) is 4.21. The molecule has 1 aromatic rings. The molecule has 6 heteroatoms. The van der Waals surface area contributed by atoms with Gasteiger partial charge in [0.15, 0.2) is 0 Å². The van der Waals surface area contributed by atoms with Crippen LogP contribution in [0.3, 0.4) is 0 Å². The van der Waals surface area contributed by atoms with Gasteiger partial charge in [0.05, 0.1) is 25.3 Å². The molecule has 1 aromatic heterocycles. The van der Waals surface area contributed by atoms with E-state index in [4.69, 9.17) is 4.42 Å². The Hall–Kier alpha value is -1.82. The van der Waals surface area contributed by atoms with E-state index in [2.05, 4.69) is 15.5 Å². The standard InChI is InChI=1S/C16H23N3O3/c20-15(17-9-14-4-2-8-22-14)11-19-7-1-3-12(10-19)16(21)18-13-5-6-13/h2,4,8,12-13H,1,3,5-7,9-11H2,(H,17,20)(H,18,21). The minimum Gasteiger partial charge on any atom is -0.467 e. The number of likely N-dealkylation sites (tertiary alicyclic amines) is 1. The van der Waals surface area contributed by atoms with Gasteiger partial charge in [0.1, 0.15) is 5.76 Å². The van der Waals surface area contributed by atoms with Crippen molar-refractivity contribution in [2.75, 3.05) is 19.6 Å². The van der Waals surface area contributed by atoms with Crippen LogP contribution in [-0.2, 0) is 16.1 Å². The number of piperidine rings is 1. The largest absolute Gasteiger partial charge is 0.467 e. The number of hydrogen-bond donors (Lipinski definition) is 2. The predicted molar refractivity (Wildman–Crippen MR) is 80.9 cm³/mol. The lowest BCUT2D eigenvalue weighted by molar-refractivity contribution is -0.129. The van der Waals surface area contributed by atoms with Crippen LogP contribution in [-0.4, -0.2) is 42.4 Å². The van der Waals surface area contributed by atoms with Crippen molar-refractivity contribution in [1.29, 1.82) is 0 Å². The highest BCUT2D eigenvalue weighted by Crippen LogP contribution is 2.22. The molecule has 2 fully saturated rings. The lowest BCUT2D eigenvalue weighted by atomic mass is 9.97. The molecule has 22 heavy (non-hydrogen) atoms. The quantitative estimate of drug-likeness (QED) is 0.818. The van der Waals surface area contributed by atoms with Crippen molar-refractivity contribution in [3.05, 3.63) is 24.2 Å². The Kier molecular flexibility index (Phi) is 4.77. The van der Waals surface area contributed by atoms with Gasteiger partial charge in [-0.05, 0) is 44.4 Å². The molecule has 0 aromatic carbocycles. The summed E-state index contributed by atoms with van der Waals surface area (Å²) >= 11 is 0. The molecule has 3 rings (SSSR count). The average Bonchev–Trinajstić information content (AvgIpc) is 3.17. The minimum absolute atomic E-state index is 0.0206. The number of nitrogens with zero attached hydrogens (tertiary/aromatic N) is 1. The second-order valence-corrected chi connectivity index (χ2v) is 6.21. The van der Waals surface area contributed by atoms with Gasteiger partial charge in [-0.2, -0.15) is 0 Å². The van der Waals surface area contributed by atoms with E-state index >= 15 is 0 Å². The van der Waals surface area contributed by atoms with Crippen molar-refractivity contribution in [2.24, 2.45) is 5.92 Å². The molecule has 120 valence electrons. The zero-order chi connectivity index (χ0) is 15.4. The number of carbonyl (C=O) groups excluding carboxylic acids is 2. The molecule has 1 aliphatic carbocycles. The summed E-state index contributed by atoms with van der Waals surface area (Å²) in [5.74, 6) is 0.892. The van der Waals surface area contributed by atoms with E-state index in [0.717, 1.165) is 38.0 Å². The van der Waals surface area contributed by atoms with Crippen molar-refractivity contribution in [3.8, 4) is 0 Å². The Balaban J connectivity index is 1.41. The van der Waals surface area contributed by atoms with Crippen LogP contribution in [0.25, 0.3) is 0 Å². The number of carbonyl (C=O) groups is 2. The highest BCUT2D eigenvalue weighted by atomic mass is 16.3. The molecule has 1 unspecified atom stereocenters. The fourth-order valence-corrected chi connectivity index (χ4v) is 2.82. The number of rotatable bonds is 6. The zero-order valence-electron chi connectivity index (χ0n) is 12.7. The predicted octanol–water partition coefficient (Wildman–Crippen LogP) is 0.886. The van der Waals surface area contributed by atoms with Gasteiger partial charge in [-0.25, -0.2) is 0 Å². The van der Waals surface area contributed by atoms with E-state index in [-0.39, 0.29) is 17.7 Å². The fraction of sp³-hybridized carbons (Fsp3) is 0.625. The first-order chi connectivity index (χ1) is 10.7. The Morgan fingerprint density at radius 3 is 2.91 bits per heavy atom. The zero-order valence-corrected chi connectivity index (χ0v) is 12.7. The average molecular weight is 305 g/mol. The topological polar surface area (TPSA) is 74.6 Å². The van der Waals surface area contributed by atoms with Gasteiger partial charge in [-0.3, -0.25) is 14.5 Å². The maximum atomic E-state index is 12.1. The summed E-state index contributed by atoms with van der Waals surface area (Å²) < 4.78 is 5.18. The van der Waals surface area contributed by atoms with Gasteiger partial charge in [-0.1, -0.05) is 0 Å². The molecule has 6 nitrogen and oxygen atoms in total. The molecule has 2 aliphatic rings. The van der Waals surface area contributed by atoms with Crippen LogP contribution < -0.4 is 10.6 Å². The summed E-state index contributed by atoms with van der Waals surface area (Å²) in [7, 11) is 0. The Morgan fingerprint density at radius 2 is 2.18 bits per heavy atom. The summed E-state index contributed by atoms with van der Waals surface area (Å²) in [5.41, 5.74) is 0. The molecule has 0 radical (unpaired) electrons. The normalized spacial score (nSPS) is 22.3. The van der Waals surface area contributed by atoms with E-state index in [0.29, 0.717) is 25.7 Å². The van der Waals surface area contributed by atoms with E-state index in [1.165, 1.54) is 0 Å². The monoisotopic (exact) mass is 305 g/mol. The van der Waals surface area contributed by atoms with Crippen LogP contribution in [0.2, 0.25) is 0 Å². The molecule has 2 heterocycles. The van der Waals surface area contributed by atoms with E-state index in [9.17, 15) is 9.59 Å². The number of hydrogen-bond acceptors (Lipinski definition) is 4. The molecule has 1 aliphatic heterocycles. The van der Waals surface area contributed by atoms with Crippen LogP contribution in [0.15, 0.2) is 22.8 Å². The molecular weight excluding hydrogens is 282 g/mol. The van der Waals surface area contributed by atoms with Crippen LogP contribution in [0, 0.1) is 5.92 Å². The first-order valence-electron chi connectivity index (χ1n) is 8.02. The Morgan fingerprint density at radius 1 is 1.32 bits per heavy atom. The second-order valence-electron chi connectivity index (χ2n) is 6.21. The maximum absolute atomic E-state index is 12.1. The summed E-state index contributed by atoms with van der Waals surface area (Å²) in [6.07, 6.45) is 5.70.